The summed E-state index contributed by atoms with van der Waals surface area (Å²) in [5.74, 6) is -15.0. The van der Waals surface area contributed by atoms with Crippen molar-refractivity contribution in [2.75, 3.05) is 72.9 Å². The molecule has 700 valence electrons. The fraction of sp³-hybridized carbons (Fsp3) is 0.421. The minimum atomic E-state index is -1.90. The summed E-state index contributed by atoms with van der Waals surface area (Å²) in [6, 6.07) is 27.4. The van der Waals surface area contributed by atoms with Gasteiger partial charge in [-0.3, -0.25) is 71.9 Å². The molecule has 3 heterocycles. The number of fused-ring (bicyclic) bond motifs is 2. The minimum absolute atomic E-state index is 0.0203. The maximum absolute atomic E-state index is 15.7. The van der Waals surface area contributed by atoms with Crippen LogP contribution in [0.3, 0.4) is 0 Å². The molecule has 14 amide bonds. The maximum Gasteiger partial charge on any atom is 0.305 e. The van der Waals surface area contributed by atoms with Crippen LogP contribution in [0.4, 0.5) is 0 Å². The van der Waals surface area contributed by atoms with E-state index in [1.165, 1.54) is 93.6 Å². The van der Waals surface area contributed by atoms with Gasteiger partial charge in [-0.05, 0) is 94.5 Å². The van der Waals surface area contributed by atoms with Crippen molar-refractivity contribution in [3.05, 3.63) is 203 Å². The van der Waals surface area contributed by atoms with Gasteiger partial charge in [0, 0.05) is 120 Å². The number of primary amides is 1. The number of hydrogen-bond acceptors (Lipinski definition) is 19. The lowest BCUT2D eigenvalue weighted by molar-refractivity contribution is -0.151. The van der Waals surface area contributed by atoms with Crippen LogP contribution < -0.4 is 53.6 Å². The molecule has 1 aliphatic heterocycles. The zero-order valence-corrected chi connectivity index (χ0v) is 76.2. The first-order chi connectivity index (χ1) is 62.4. The van der Waals surface area contributed by atoms with Crippen LogP contribution in [0.5, 0.6) is 11.5 Å². The van der Waals surface area contributed by atoms with Crippen LogP contribution in [-0.2, 0) is 110 Å². The number of amides is 14. The predicted octanol–water partition coefficient (Wildman–Crippen LogP) is 3.28. The number of para-hydroxylation sites is 2. The number of thioether (sulfide) groups is 1. The molecule has 9 rings (SSSR count). The molecule has 35 nitrogen and oxygen atoms in total. The summed E-state index contributed by atoms with van der Waals surface area (Å²) in [7, 11) is 6.65. The minimum Gasteiger partial charge on any atom is -0.508 e. The summed E-state index contributed by atoms with van der Waals surface area (Å²) in [5.41, 5.74) is 10.1. The fourth-order valence-electron chi connectivity index (χ4n) is 15.7. The molecular formula is C95H121N17O18S. The number of aromatic nitrogens is 2. The average molecular weight is 1820 g/mol. The summed E-state index contributed by atoms with van der Waals surface area (Å²) in [6.45, 7) is 6.62. The van der Waals surface area contributed by atoms with Crippen molar-refractivity contribution < 1.29 is 87.2 Å². The SMILES string of the molecule is CCCC[C@H]1C(=O)N(C)CC(=O)N[C@@H](CC(=O)O)C(=O)N[C@@H](C(C)C)C(=O)N(C)[C@@H](Cc2ccccc2)C(=O)N[C@@H](Cc2ccc(O)cc2)C(=O)N(C)CC(=O)N[C@@H](Cc2c[nH]c3ccccc23)C(=O)N[C@@H](Cc2ccc(O)cc2)C(=O)N[C@@H](CC(C)C)C(=O)N[C@H](CNCC(N)=O)CSCC(=O)N[C@@H](Cc2c[nH]c3ccccc23)C(=O)N(C)[C@@H](Cc2ccccc2)C(=O)N1C. The molecule has 0 aliphatic carbocycles. The van der Waals surface area contributed by atoms with Crippen molar-refractivity contribution in [2.24, 2.45) is 17.6 Å². The monoisotopic (exact) mass is 1820 g/mol. The summed E-state index contributed by atoms with van der Waals surface area (Å²) in [6.07, 6.45) is 2.13. The third kappa shape index (κ3) is 29.7. The normalized spacial score (nSPS) is 21.9. The van der Waals surface area contributed by atoms with Crippen LogP contribution in [0.25, 0.3) is 21.8 Å². The van der Waals surface area contributed by atoms with Gasteiger partial charge in [0.2, 0.25) is 82.7 Å². The number of nitrogens with one attached hydrogen (secondary N) is 11. The Morgan fingerprint density at radius 3 is 1.41 bits per heavy atom. The van der Waals surface area contributed by atoms with Gasteiger partial charge in [0.15, 0.2) is 0 Å². The number of aromatic hydroxyl groups is 2. The number of H-pyrrole nitrogens is 2. The van der Waals surface area contributed by atoms with Gasteiger partial charge in [-0.25, -0.2) is 0 Å². The highest BCUT2D eigenvalue weighted by molar-refractivity contribution is 8.00. The Hall–Kier alpha value is -13.6. The van der Waals surface area contributed by atoms with Crippen LogP contribution in [0.15, 0.2) is 170 Å². The van der Waals surface area contributed by atoms with Gasteiger partial charge in [-0.1, -0.05) is 169 Å². The number of phenols is 2. The quantitative estimate of drug-likeness (QED) is 0.0413. The second-order valence-corrected chi connectivity index (χ2v) is 35.0. The van der Waals surface area contributed by atoms with Crippen LogP contribution in [0.1, 0.15) is 100 Å². The van der Waals surface area contributed by atoms with E-state index in [-0.39, 0.29) is 93.4 Å². The third-order valence-corrected chi connectivity index (χ3v) is 24.0. The van der Waals surface area contributed by atoms with E-state index in [0.717, 1.165) is 37.4 Å². The number of rotatable bonds is 24. The Balaban J connectivity index is 1.11. The van der Waals surface area contributed by atoms with Crippen molar-refractivity contribution in [1.29, 1.82) is 0 Å². The lowest BCUT2D eigenvalue weighted by Crippen LogP contribution is -2.61. The molecule has 131 heavy (non-hydrogen) atoms. The molecule has 8 aromatic rings. The lowest BCUT2D eigenvalue weighted by atomic mass is 9.98. The summed E-state index contributed by atoms with van der Waals surface area (Å²) in [5, 5.41) is 57.6. The molecule has 1 aliphatic rings. The first-order valence-corrected chi connectivity index (χ1v) is 44.8. The number of carboxylic acid groups (broad SMARTS) is 1. The van der Waals surface area contributed by atoms with Crippen molar-refractivity contribution in [2.45, 2.75) is 172 Å². The van der Waals surface area contributed by atoms with E-state index in [4.69, 9.17) is 5.73 Å². The van der Waals surface area contributed by atoms with Crippen LogP contribution in [0, 0.1) is 11.8 Å². The number of aromatic amines is 2. The Morgan fingerprint density at radius 1 is 0.450 bits per heavy atom. The number of phenolic OH excluding ortho intramolecular Hbond substituents is 2. The number of nitrogens with two attached hydrogens (primary N) is 1. The average Bonchev–Trinajstić information content (AvgIpc) is 1.19. The van der Waals surface area contributed by atoms with Gasteiger partial charge in [0.1, 0.15) is 71.9 Å². The third-order valence-electron chi connectivity index (χ3n) is 22.9. The molecule has 0 bridgehead atoms. The van der Waals surface area contributed by atoms with Crippen molar-refractivity contribution >= 4 is 122 Å². The largest absolute Gasteiger partial charge is 0.508 e. The molecule has 1 fully saturated rings. The number of unbranched alkanes of at least 4 members (excludes halogenated alkanes) is 1. The van der Waals surface area contributed by atoms with Gasteiger partial charge in [0.25, 0.3) is 0 Å². The summed E-state index contributed by atoms with van der Waals surface area (Å²) in [4.78, 5) is 234. The van der Waals surface area contributed by atoms with E-state index in [1.807, 2.05) is 45.0 Å². The van der Waals surface area contributed by atoms with Gasteiger partial charge in [0.05, 0.1) is 37.8 Å². The zero-order chi connectivity index (χ0) is 95.3. The van der Waals surface area contributed by atoms with Crippen molar-refractivity contribution in [3.8, 4) is 11.5 Å². The van der Waals surface area contributed by atoms with Crippen LogP contribution in [-0.4, -0.2) is 278 Å². The zero-order valence-electron chi connectivity index (χ0n) is 75.4. The van der Waals surface area contributed by atoms with Gasteiger partial charge < -0.3 is 103 Å². The number of carboxylic acids is 1. The van der Waals surface area contributed by atoms with Gasteiger partial charge in [-0.2, -0.15) is 0 Å². The molecule has 0 saturated carbocycles. The second-order valence-electron chi connectivity index (χ2n) is 34.0. The standard InChI is InChI=1S/C95H121N17O18S/c1-11-12-31-77-93(128)109(7)53-82(117)102-74(47-84(119)120)89(124)107-85(57(4)5)95(130)111(9)78(43-58-23-15-13-16-24-58)90(125)106-75(42-61-34-38-66(114)39-35-61)91(126)108(6)52-81(116)101-73(45-62-48-98-69-29-21-19-27-67(62)69)88(123)105-72(41-60-32-36-65(113)37-33-60)87(122)104-71(40-56(2)3)86(121)100-64(50-97-51-80(96)115)54-131-55-83(118)103-76(46-63-49-99-70-30-22-20-28-68(63)70)92(127)112(10)79(94(129)110(77)8)44-59-25-17-14-18-26-59/h13-30,32-39,48-49,56-57,64,71-79,85,97-99,113-114H,11-12,31,40-47,50-55H2,1-10H3,(H2,96,115)(H,100,121)(H,101,116)(H,102,117)(H,103,118)(H,104,122)(H,105,123)(H,106,125)(H,107,124)(H,119,120)/t64-,71+,72+,73+,74+,75+,76+,77+,78+,79+,85+/m1/s1. The lowest BCUT2D eigenvalue weighted by Gasteiger charge is -2.37. The van der Waals surface area contributed by atoms with E-state index in [9.17, 15) is 44.1 Å². The first kappa shape index (κ1) is 101. The number of carbonyl (C=O) groups is 15. The Labute approximate surface area is 765 Å². The number of aliphatic carboxylic acids is 1. The number of likely N-dealkylation sites (N-methyl/N-ethyl adjacent to an activating group) is 5. The maximum atomic E-state index is 15.7. The molecule has 36 heteroatoms. The highest BCUT2D eigenvalue weighted by atomic mass is 32.2. The second kappa shape index (κ2) is 48.7. The molecule has 2 aromatic heterocycles. The topological polar surface area (TPSA) is 499 Å². The summed E-state index contributed by atoms with van der Waals surface area (Å²) < 4.78 is 0. The fourth-order valence-corrected chi connectivity index (χ4v) is 16.6. The van der Waals surface area contributed by atoms with E-state index < -0.39 is 181 Å². The van der Waals surface area contributed by atoms with E-state index in [0.29, 0.717) is 57.1 Å². The van der Waals surface area contributed by atoms with E-state index in [1.54, 1.807) is 111 Å². The van der Waals surface area contributed by atoms with Gasteiger partial charge in [-0.15, -0.1) is 11.8 Å². The molecular weight excluding hydrogens is 1700 g/mol. The molecule has 11 atom stereocenters. The van der Waals surface area contributed by atoms with Crippen LogP contribution in [0.2, 0.25) is 0 Å². The number of nitrogens with zero attached hydrogens (tertiary/aromatic N) is 5. The summed E-state index contributed by atoms with van der Waals surface area (Å²) >= 11 is 1.04. The predicted molar refractivity (Wildman–Crippen MR) is 494 cm³/mol. The Bertz CT molecular complexity index is 5310. The highest BCUT2D eigenvalue weighted by Gasteiger charge is 2.42. The Morgan fingerprint density at radius 2 is 0.885 bits per heavy atom. The number of benzene rings is 6. The highest BCUT2D eigenvalue weighted by Crippen LogP contribution is 2.26. The van der Waals surface area contributed by atoms with Gasteiger partial charge >= 0.3 is 5.97 Å². The molecule has 0 unspecified atom stereocenters. The molecule has 0 spiro atoms. The Kier molecular flexibility index (Phi) is 37.6. The number of hydrogen-bond donors (Lipinski definition) is 15. The molecule has 6 aromatic carbocycles. The molecule has 1 saturated heterocycles. The first-order valence-electron chi connectivity index (χ1n) is 43.7. The smallest absolute Gasteiger partial charge is 0.305 e. The van der Waals surface area contributed by atoms with Crippen molar-refractivity contribution in [3.63, 3.8) is 0 Å². The van der Waals surface area contributed by atoms with Crippen molar-refractivity contribution in [1.82, 2.24) is 82.3 Å². The number of carbonyl (C=O) groups excluding carboxylic acids is 14. The van der Waals surface area contributed by atoms with E-state index in [2.05, 4.69) is 57.8 Å². The van der Waals surface area contributed by atoms with E-state index >= 15 is 43.2 Å². The van der Waals surface area contributed by atoms with Crippen LogP contribution >= 0.6 is 11.8 Å². The molecule has 16 N–H and O–H groups in total. The molecule has 0 radical (unpaired) electrons.